The SMILES string of the molecule is O=C(O)C=Cc1cc(F)cnc1Cl. The number of aromatic nitrogens is 1. The van der Waals surface area contributed by atoms with Crippen LogP contribution < -0.4 is 0 Å². The minimum atomic E-state index is -1.12. The third-order valence-corrected chi connectivity index (χ3v) is 1.55. The van der Waals surface area contributed by atoms with Gasteiger partial charge in [-0.05, 0) is 12.1 Å². The van der Waals surface area contributed by atoms with Crippen LogP contribution in [0.5, 0.6) is 0 Å². The molecule has 1 aromatic rings. The highest BCUT2D eigenvalue weighted by Crippen LogP contribution is 2.14. The van der Waals surface area contributed by atoms with Crippen LogP contribution in [-0.2, 0) is 4.79 Å². The van der Waals surface area contributed by atoms with E-state index < -0.39 is 11.8 Å². The van der Waals surface area contributed by atoms with E-state index >= 15 is 0 Å². The molecule has 0 saturated carbocycles. The van der Waals surface area contributed by atoms with Crippen LogP contribution in [0.4, 0.5) is 4.39 Å². The molecule has 5 heteroatoms. The summed E-state index contributed by atoms with van der Waals surface area (Å²) in [6.45, 7) is 0. The second kappa shape index (κ2) is 4.00. The van der Waals surface area contributed by atoms with Gasteiger partial charge in [-0.3, -0.25) is 0 Å². The molecule has 1 aromatic heterocycles. The molecule has 0 saturated heterocycles. The third-order valence-electron chi connectivity index (χ3n) is 1.24. The van der Waals surface area contributed by atoms with Gasteiger partial charge in [0.25, 0.3) is 0 Å². The normalized spacial score (nSPS) is 10.6. The standard InChI is InChI=1S/C8H5ClFNO2/c9-8-5(1-2-7(12)13)3-6(10)4-11-8/h1-4H,(H,12,13). The van der Waals surface area contributed by atoms with E-state index in [1.54, 1.807) is 0 Å². The predicted octanol–water partition coefficient (Wildman–Crippen LogP) is 1.97. The van der Waals surface area contributed by atoms with Gasteiger partial charge in [-0.25, -0.2) is 14.2 Å². The van der Waals surface area contributed by atoms with Gasteiger partial charge in [0.1, 0.15) is 11.0 Å². The summed E-state index contributed by atoms with van der Waals surface area (Å²) in [7, 11) is 0. The summed E-state index contributed by atoms with van der Waals surface area (Å²) in [5, 5.41) is 8.36. The highest BCUT2D eigenvalue weighted by molar-refractivity contribution is 6.30. The van der Waals surface area contributed by atoms with Gasteiger partial charge in [0, 0.05) is 11.6 Å². The van der Waals surface area contributed by atoms with Crippen molar-refractivity contribution < 1.29 is 14.3 Å². The van der Waals surface area contributed by atoms with Crippen molar-refractivity contribution in [3.8, 4) is 0 Å². The van der Waals surface area contributed by atoms with Gasteiger partial charge in [-0.2, -0.15) is 0 Å². The van der Waals surface area contributed by atoms with E-state index in [0.29, 0.717) is 0 Å². The lowest BCUT2D eigenvalue weighted by Gasteiger charge is -1.95. The molecule has 0 unspecified atom stereocenters. The van der Waals surface area contributed by atoms with Crippen LogP contribution in [0, 0.1) is 5.82 Å². The molecule has 0 bridgehead atoms. The smallest absolute Gasteiger partial charge is 0.328 e. The first kappa shape index (κ1) is 9.67. The molecule has 1 rings (SSSR count). The van der Waals surface area contributed by atoms with Gasteiger partial charge in [-0.15, -0.1) is 0 Å². The third kappa shape index (κ3) is 2.83. The summed E-state index contributed by atoms with van der Waals surface area (Å²) in [5.74, 6) is -1.69. The average Bonchev–Trinajstić information content (AvgIpc) is 2.06. The molecule has 0 aliphatic heterocycles. The van der Waals surface area contributed by atoms with Crippen molar-refractivity contribution in [2.75, 3.05) is 0 Å². The second-order valence-corrected chi connectivity index (χ2v) is 2.56. The molecule has 0 atom stereocenters. The van der Waals surface area contributed by atoms with Gasteiger partial charge >= 0.3 is 5.97 Å². The molecular weight excluding hydrogens is 197 g/mol. The number of halogens is 2. The molecule has 0 aliphatic rings. The van der Waals surface area contributed by atoms with Crippen LogP contribution in [0.1, 0.15) is 5.56 Å². The molecule has 0 radical (unpaired) electrons. The molecule has 3 nitrogen and oxygen atoms in total. The number of rotatable bonds is 2. The topological polar surface area (TPSA) is 50.2 Å². The Labute approximate surface area is 78.5 Å². The molecule has 0 aromatic carbocycles. The lowest BCUT2D eigenvalue weighted by atomic mass is 10.2. The molecule has 0 amide bonds. The van der Waals surface area contributed by atoms with Gasteiger partial charge in [0.2, 0.25) is 0 Å². The number of carboxylic acid groups (broad SMARTS) is 1. The summed E-state index contributed by atoms with van der Waals surface area (Å²) in [5.41, 5.74) is 0.240. The fourth-order valence-electron chi connectivity index (χ4n) is 0.716. The molecule has 1 heterocycles. The van der Waals surface area contributed by atoms with E-state index in [-0.39, 0.29) is 10.7 Å². The molecule has 0 fully saturated rings. The fraction of sp³-hybridized carbons (Fsp3) is 0. The Balaban J connectivity index is 3.00. The van der Waals surface area contributed by atoms with Crippen LogP contribution in [0.15, 0.2) is 18.3 Å². The van der Waals surface area contributed by atoms with Crippen molar-refractivity contribution in [2.45, 2.75) is 0 Å². The molecular formula is C8H5ClFNO2. The van der Waals surface area contributed by atoms with Crippen LogP contribution in [0.2, 0.25) is 5.15 Å². The maximum atomic E-state index is 12.6. The Kier molecular flexibility index (Phi) is 2.97. The molecule has 0 aliphatic carbocycles. The van der Waals surface area contributed by atoms with E-state index in [9.17, 15) is 9.18 Å². The first-order chi connectivity index (χ1) is 6.09. The zero-order valence-electron chi connectivity index (χ0n) is 6.37. The first-order valence-electron chi connectivity index (χ1n) is 3.31. The van der Waals surface area contributed by atoms with E-state index in [1.807, 2.05) is 0 Å². The highest BCUT2D eigenvalue weighted by atomic mass is 35.5. The zero-order chi connectivity index (χ0) is 9.84. The minimum Gasteiger partial charge on any atom is -0.478 e. The summed E-state index contributed by atoms with van der Waals surface area (Å²) in [6.07, 6.45) is 3.00. The number of hydrogen-bond donors (Lipinski definition) is 1. The monoisotopic (exact) mass is 201 g/mol. The number of carboxylic acids is 1. The van der Waals surface area contributed by atoms with E-state index in [4.69, 9.17) is 16.7 Å². The Morgan fingerprint density at radius 1 is 1.69 bits per heavy atom. The lowest BCUT2D eigenvalue weighted by molar-refractivity contribution is -0.131. The molecule has 1 N–H and O–H groups in total. The van der Waals surface area contributed by atoms with Crippen LogP contribution in [0.3, 0.4) is 0 Å². The summed E-state index contributed by atoms with van der Waals surface area (Å²) < 4.78 is 12.6. The number of pyridine rings is 1. The summed E-state index contributed by atoms with van der Waals surface area (Å²) in [4.78, 5) is 13.6. The Bertz CT molecular complexity index is 365. The van der Waals surface area contributed by atoms with Gasteiger partial charge < -0.3 is 5.11 Å². The fourth-order valence-corrected chi connectivity index (χ4v) is 0.883. The minimum absolute atomic E-state index is 0.0684. The van der Waals surface area contributed by atoms with Gasteiger partial charge in [-0.1, -0.05) is 11.6 Å². The summed E-state index contributed by atoms with van der Waals surface area (Å²) >= 11 is 5.56. The maximum absolute atomic E-state index is 12.6. The Morgan fingerprint density at radius 2 is 2.38 bits per heavy atom. The lowest BCUT2D eigenvalue weighted by Crippen LogP contribution is -1.88. The van der Waals surface area contributed by atoms with Crippen LogP contribution in [0.25, 0.3) is 6.08 Å². The molecule has 13 heavy (non-hydrogen) atoms. The zero-order valence-corrected chi connectivity index (χ0v) is 7.12. The predicted molar refractivity (Wildman–Crippen MR) is 45.9 cm³/mol. The van der Waals surface area contributed by atoms with Crippen molar-refractivity contribution >= 4 is 23.6 Å². The largest absolute Gasteiger partial charge is 0.478 e. The van der Waals surface area contributed by atoms with Crippen molar-refractivity contribution in [3.63, 3.8) is 0 Å². The number of aliphatic carboxylic acids is 1. The Morgan fingerprint density at radius 3 is 3.00 bits per heavy atom. The van der Waals surface area contributed by atoms with E-state index in [1.165, 1.54) is 6.08 Å². The van der Waals surface area contributed by atoms with Crippen molar-refractivity contribution in [2.24, 2.45) is 0 Å². The molecule has 0 spiro atoms. The van der Waals surface area contributed by atoms with Crippen molar-refractivity contribution in [1.82, 2.24) is 4.98 Å². The second-order valence-electron chi connectivity index (χ2n) is 2.21. The van der Waals surface area contributed by atoms with Crippen LogP contribution >= 0.6 is 11.6 Å². The van der Waals surface area contributed by atoms with Crippen molar-refractivity contribution in [1.29, 1.82) is 0 Å². The first-order valence-corrected chi connectivity index (χ1v) is 3.69. The van der Waals surface area contributed by atoms with E-state index in [2.05, 4.69) is 4.98 Å². The number of hydrogen-bond acceptors (Lipinski definition) is 2. The number of nitrogens with zero attached hydrogens (tertiary/aromatic N) is 1. The maximum Gasteiger partial charge on any atom is 0.328 e. The van der Waals surface area contributed by atoms with Gasteiger partial charge in [0.15, 0.2) is 0 Å². The van der Waals surface area contributed by atoms with Crippen LogP contribution in [-0.4, -0.2) is 16.1 Å². The number of carbonyl (C=O) groups is 1. The van der Waals surface area contributed by atoms with E-state index in [0.717, 1.165) is 18.3 Å². The highest BCUT2D eigenvalue weighted by Gasteiger charge is 2.00. The van der Waals surface area contributed by atoms with Crippen molar-refractivity contribution in [3.05, 3.63) is 34.9 Å². The average molecular weight is 202 g/mol. The quantitative estimate of drug-likeness (QED) is 0.588. The molecule has 68 valence electrons. The summed E-state index contributed by atoms with van der Waals surface area (Å²) in [6, 6.07) is 1.11. The Hall–Kier alpha value is -1.42. The van der Waals surface area contributed by atoms with Gasteiger partial charge in [0.05, 0.1) is 6.20 Å².